The van der Waals surface area contributed by atoms with Gasteiger partial charge < -0.3 is 10.4 Å². The number of nitro benzene ring substituents is 1. The average Bonchev–Trinajstić information content (AvgIpc) is 2.27. The minimum Gasteiger partial charge on any atom is -0.393 e. The first-order valence-electron chi connectivity index (χ1n) is 5.32. The summed E-state index contributed by atoms with van der Waals surface area (Å²) in [5.74, 6) is -1.61. The molecule has 7 heteroatoms. The molecule has 1 unspecified atom stereocenters. The number of nitrogens with one attached hydrogen (secondary N) is 1. The van der Waals surface area contributed by atoms with Crippen molar-refractivity contribution in [3.8, 4) is 0 Å². The Morgan fingerprint density at radius 2 is 2.28 bits per heavy atom. The molecule has 0 aromatic heterocycles. The molecule has 1 aromatic carbocycles. The summed E-state index contributed by atoms with van der Waals surface area (Å²) in [7, 11) is 0. The maximum absolute atomic E-state index is 13.4. The third kappa shape index (κ3) is 3.77. The molecule has 0 fully saturated rings. The van der Waals surface area contributed by atoms with E-state index < -0.39 is 28.4 Å². The Bertz CT molecular complexity index is 462. The van der Waals surface area contributed by atoms with Crippen molar-refractivity contribution in [2.24, 2.45) is 0 Å². The van der Waals surface area contributed by atoms with E-state index in [0.717, 1.165) is 12.1 Å². The Hall–Kier alpha value is -2.02. The van der Waals surface area contributed by atoms with Gasteiger partial charge in [-0.1, -0.05) is 0 Å². The number of hydrogen-bond donors (Lipinski definition) is 2. The Morgan fingerprint density at radius 1 is 1.61 bits per heavy atom. The number of benzene rings is 1. The predicted molar refractivity (Wildman–Crippen MR) is 61.7 cm³/mol. The zero-order chi connectivity index (χ0) is 13.7. The van der Waals surface area contributed by atoms with E-state index in [-0.39, 0.29) is 12.1 Å². The standard InChI is InChI=1S/C11H13FN2O4/c1-7(15)4-5-13-11(16)9-3-2-8(14(17)18)6-10(9)12/h2-3,6-7,15H,4-5H2,1H3,(H,13,16). The summed E-state index contributed by atoms with van der Waals surface area (Å²) >= 11 is 0. The first-order valence-corrected chi connectivity index (χ1v) is 5.32. The molecule has 0 aliphatic rings. The number of rotatable bonds is 5. The van der Waals surface area contributed by atoms with Crippen LogP contribution in [0.15, 0.2) is 18.2 Å². The van der Waals surface area contributed by atoms with Crippen molar-refractivity contribution in [1.82, 2.24) is 5.32 Å². The van der Waals surface area contributed by atoms with Crippen LogP contribution in [0.5, 0.6) is 0 Å². The Morgan fingerprint density at radius 3 is 2.78 bits per heavy atom. The summed E-state index contributed by atoms with van der Waals surface area (Å²) in [6.45, 7) is 1.77. The average molecular weight is 256 g/mol. The van der Waals surface area contributed by atoms with Crippen LogP contribution in [-0.2, 0) is 0 Å². The molecular formula is C11H13FN2O4. The number of aliphatic hydroxyl groups excluding tert-OH is 1. The monoisotopic (exact) mass is 256 g/mol. The van der Waals surface area contributed by atoms with Crippen LogP contribution in [0.1, 0.15) is 23.7 Å². The normalized spacial score (nSPS) is 11.9. The van der Waals surface area contributed by atoms with Gasteiger partial charge in [0, 0.05) is 12.6 Å². The summed E-state index contributed by atoms with van der Waals surface area (Å²) < 4.78 is 13.4. The summed E-state index contributed by atoms with van der Waals surface area (Å²) in [6.07, 6.45) is -0.215. The lowest BCUT2D eigenvalue weighted by Crippen LogP contribution is -2.27. The molecular weight excluding hydrogens is 243 g/mol. The number of aliphatic hydroxyl groups is 1. The van der Waals surface area contributed by atoms with Crippen LogP contribution in [0, 0.1) is 15.9 Å². The summed E-state index contributed by atoms with van der Waals surface area (Å²) in [5, 5.41) is 21.8. The van der Waals surface area contributed by atoms with Gasteiger partial charge in [0.25, 0.3) is 11.6 Å². The van der Waals surface area contributed by atoms with E-state index in [1.54, 1.807) is 6.92 Å². The second kappa shape index (κ2) is 6.06. The van der Waals surface area contributed by atoms with Crippen LogP contribution in [-0.4, -0.2) is 28.6 Å². The number of halogens is 1. The molecule has 1 amide bonds. The van der Waals surface area contributed by atoms with Gasteiger partial charge in [0.15, 0.2) is 0 Å². The lowest BCUT2D eigenvalue weighted by atomic mass is 10.1. The van der Waals surface area contributed by atoms with E-state index in [4.69, 9.17) is 5.11 Å². The molecule has 0 radical (unpaired) electrons. The molecule has 0 heterocycles. The lowest BCUT2D eigenvalue weighted by molar-refractivity contribution is -0.385. The molecule has 6 nitrogen and oxygen atoms in total. The third-order valence-corrected chi connectivity index (χ3v) is 2.26. The minimum atomic E-state index is -0.946. The van der Waals surface area contributed by atoms with Gasteiger partial charge in [0.2, 0.25) is 0 Å². The van der Waals surface area contributed by atoms with Crippen molar-refractivity contribution in [1.29, 1.82) is 0 Å². The fraction of sp³-hybridized carbons (Fsp3) is 0.364. The van der Waals surface area contributed by atoms with Crippen LogP contribution in [0.2, 0.25) is 0 Å². The van der Waals surface area contributed by atoms with E-state index in [0.29, 0.717) is 12.5 Å². The predicted octanol–water partition coefficient (Wildman–Crippen LogP) is 1.23. The largest absolute Gasteiger partial charge is 0.393 e. The van der Waals surface area contributed by atoms with Crippen LogP contribution in [0.3, 0.4) is 0 Å². The number of amides is 1. The summed E-state index contributed by atoms with van der Waals surface area (Å²) in [4.78, 5) is 21.2. The highest BCUT2D eigenvalue weighted by Crippen LogP contribution is 2.16. The molecule has 0 saturated heterocycles. The van der Waals surface area contributed by atoms with Gasteiger partial charge in [0.05, 0.1) is 22.7 Å². The quantitative estimate of drug-likeness (QED) is 0.612. The first kappa shape index (κ1) is 14.0. The van der Waals surface area contributed by atoms with Crippen molar-refractivity contribution in [2.75, 3.05) is 6.54 Å². The van der Waals surface area contributed by atoms with E-state index in [1.165, 1.54) is 0 Å². The lowest BCUT2D eigenvalue weighted by Gasteiger charge is -2.07. The summed E-state index contributed by atoms with van der Waals surface area (Å²) in [5.41, 5.74) is -0.667. The molecule has 0 aliphatic heterocycles. The van der Waals surface area contributed by atoms with Gasteiger partial charge in [0.1, 0.15) is 5.82 Å². The molecule has 18 heavy (non-hydrogen) atoms. The smallest absolute Gasteiger partial charge is 0.272 e. The number of carbonyl (C=O) groups is 1. The Kier molecular flexibility index (Phi) is 4.73. The number of nitrogens with zero attached hydrogens (tertiary/aromatic N) is 1. The van der Waals surface area contributed by atoms with E-state index >= 15 is 0 Å². The first-order chi connectivity index (χ1) is 8.41. The number of non-ortho nitro benzene ring substituents is 1. The molecule has 0 bridgehead atoms. The molecule has 1 atom stereocenters. The van der Waals surface area contributed by atoms with Crippen molar-refractivity contribution >= 4 is 11.6 Å². The van der Waals surface area contributed by atoms with Crippen molar-refractivity contribution < 1.29 is 19.2 Å². The van der Waals surface area contributed by atoms with E-state index in [2.05, 4.69) is 5.32 Å². The van der Waals surface area contributed by atoms with Crippen LogP contribution in [0.4, 0.5) is 10.1 Å². The molecule has 1 aromatic rings. The molecule has 0 aliphatic carbocycles. The van der Waals surface area contributed by atoms with Gasteiger partial charge in [-0.2, -0.15) is 0 Å². The van der Waals surface area contributed by atoms with E-state index in [1.807, 2.05) is 0 Å². The highest BCUT2D eigenvalue weighted by atomic mass is 19.1. The van der Waals surface area contributed by atoms with Crippen LogP contribution >= 0.6 is 0 Å². The molecule has 0 saturated carbocycles. The Balaban J connectivity index is 2.72. The zero-order valence-corrected chi connectivity index (χ0v) is 9.72. The number of nitro groups is 1. The zero-order valence-electron chi connectivity index (χ0n) is 9.72. The highest BCUT2D eigenvalue weighted by Gasteiger charge is 2.15. The van der Waals surface area contributed by atoms with Gasteiger partial charge >= 0.3 is 0 Å². The fourth-order valence-corrected chi connectivity index (χ4v) is 1.29. The van der Waals surface area contributed by atoms with Gasteiger partial charge in [-0.05, 0) is 19.4 Å². The maximum Gasteiger partial charge on any atom is 0.272 e. The SMILES string of the molecule is CC(O)CCNC(=O)c1ccc([N+](=O)[O-])cc1F. The Labute approximate surface area is 103 Å². The molecule has 1 rings (SSSR count). The van der Waals surface area contributed by atoms with Gasteiger partial charge in [-0.15, -0.1) is 0 Å². The van der Waals surface area contributed by atoms with Crippen LogP contribution in [0.25, 0.3) is 0 Å². The van der Waals surface area contributed by atoms with E-state index in [9.17, 15) is 19.3 Å². The maximum atomic E-state index is 13.4. The topological polar surface area (TPSA) is 92.5 Å². The van der Waals surface area contributed by atoms with Crippen molar-refractivity contribution in [3.63, 3.8) is 0 Å². The second-order valence-electron chi connectivity index (χ2n) is 3.81. The van der Waals surface area contributed by atoms with Crippen molar-refractivity contribution in [3.05, 3.63) is 39.7 Å². The highest BCUT2D eigenvalue weighted by molar-refractivity contribution is 5.94. The number of carbonyl (C=O) groups excluding carboxylic acids is 1. The van der Waals surface area contributed by atoms with Crippen LogP contribution < -0.4 is 5.32 Å². The molecule has 98 valence electrons. The van der Waals surface area contributed by atoms with Gasteiger partial charge in [-0.3, -0.25) is 14.9 Å². The van der Waals surface area contributed by atoms with Crippen molar-refractivity contribution in [2.45, 2.75) is 19.4 Å². The summed E-state index contributed by atoms with van der Waals surface area (Å²) in [6, 6.07) is 2.82. The second-order valence-corrected chi connectivity index (χ2v) is 3.81. The molecule has 2 N–H and O–H groups in total. The third-order valence-electron chi connectivity index (χ3n) is 2.26. The van der Waals surface area contributed by atoms with Gasteiger partial charge in [-0.25, -0.2) is 4.39 Å². The minimum absolute atomic E-state index is 0.201. The fourth-order valence-electron chi connectivity index (χ4n) is 1.29. The number of hydrogen-bond acceptors (Lipinski definition) is 4. The molecule has 0 spiro atoms.